The molecule has 312 valence electrons. The third kappa shape index (κ3) is 22.7. The Hall–Kier alpha value is -5.94. The molecule has 24 heteroatoms. The topological polar surface area (TPSA) is 432 Å². The van der Waals surface area contributed by atoms with Crippen LogP contribution in [0.5, 0.6) is 0 Å². The number of guanidine groups is 3. The van der Waals surface area contributed by atoms with Gasteiger partial charge in [-0.25, -0.2) is 4.79 Å². The molecule has 0 aromatic carbocycles. The van der Waals surface area contributed by atoms with E-state index < -0.39 is 84.1 Å². The lowest BCUT2D eigenvalue weighted by molar-refractivity contribution is -0.142. The van der Waals surface area contributed by atoms with Crippen molar-refractivity contribution in [3.63, 3.8) is 0 Å². The molecule has 0 saturated carbocycles. The second-order valence-corrected chi connectivity index (χ2v) is 13.1. The highest BCUT2D eigenvalue weighted by atomic mass is 16.4. The lowest BCUT2D eigenvalue weighted by atomic mass is 10.0. The monoisotopic (exact) mass is 785 g/mol. The highest BCUT2D eigenvalue weighted by Gasteiger charge is 2.33. The first-order valence-electron chi connectivity index (χ1n) is 17.6. The normalized spacial score (nSPS) is 14.0. The third-order valence-corrected chi connectivity index (χ3v) is 7.66. The van der Waals surface area contributed by atoms with E-state index in [4.69, 9.17) is 39.2 Å². The summed E-state index contributed by atoms with van der Waals surface area (Å²) < 4.78 is 0. The van der Waals surface area contributed by atoms with Gasteiger partial charge in [0, 0.05) is 19.6 Å². The highest BCUT2D eigenvalue weighted by molar-refractivity contribution is 5.97. The van der Waals surface area contributed by atoms with Gasteiger partial charge in [-0.05, 0) is 57.8 Å². The molecule has 0 saturated heterocycles. The maximum absolute atomic E-state index is 13.7. The van der Waals surface area contributed by atoms with Gasteiger partial charge < -0.3 is 75.7 Å². The molecule has 0 bridgehead atoms. The molecular formula is C31H59N15O9. The molecule has 0 aromatic rings. The smallest absolute Gasteiger partial charge is 0.326 e. The van der Waals surface area contributed by atoms with Crippen LogP contribution in [0.4, 0.5) is 0 Å². The fourth-order valence-corrected chi connectivity index (χ4v) is 4.88. The molecule has 0 unspecified atom stereocenters. The Morgan fingerprint density at radius 1 is 0.545 bits per heavy atom. The molecule has 0 heterocycles. The van der Waals surface area contributed by atoms with Crippen molar-refractivity contribution in [1.82, 2.24) is 42.5 Å². The van der Waals surface area contributed by atoms with Gasteiger partial charge in [-0.15, -0.1) is 0 Å². The second-order valence-electron chi connectivity index (χ2n) is 13.1. The molecule has 0 aliphatic carbocycles. The summed E-state index contributed by atoms with van der Waals surface area (Å²) in [4.78, 5) is 89.6. The van der Waals surface area contributed by atoms with Crippen molar-refractivity contribution in [3.8, 4) is 0 Å². The number of carboxylic acid groups (broad SMARTS) is 2. The van der Waals surface area contributed by atoms with Crippen molar-refractivity contribution in [3.05, 3.63) is 0 Å². The van der Waals surface area contributed by atoms with Crippen LogP contribution >= 0.6 is 0 Å². The second kappa shape index (κ2) is 25.9. The maximum Gasteiger partial charge on any atom is 0.326 e. The van der Waals surface area contributed by atoms with Crippen molar-refractivity contribution >= 4 is 59.4 Å². The molecule has 0 rings (SSSR count). The molecule has 5 amide bonds. The van der Waals surface area contributed by atoms with Gasteiger partial charge in [0.25, 0.3) is 0 Å². The van der Waals surface area contributed by atoms with Crippen LogP contribution in [0.25, 0.3) is 0 Å². The Morgan fingerprint density at radius 3 is 1.27 bits per heavy atom. The standard InChI is InChI=1S/C31H59N15O9/c1-15(2)13-17(32)24(50)42-16(3)23(49)46-21(14-22(47)48)27(53)44-18(7-4-10-39-29(33)34)25(51)43-19(8-5-11-40-30(35)36)26(52)45-20(28(54)55)9-6-12-41-31(37)38/h15-21H,4-14,32H2,1-3H3,(H,42,50)(H,43,51)(H,44,53)(H,45,52)(H,46,49)(H,47,48)(H,54,55)(H4,33,34,39)(H4,35,36,40)(H4,37,38,41)/t16-,17-,18-,19-,20-,21-/m0/s1. The SMILES string of the molecule is CC(C)C[C@H](N)C(=O)N[C@@H](C)C(=O)N[C@@H](CC(=O)O)C(=O)N[C@@H](CCCNC(=N)N)C(=O)N[C@@H](CCCNC(=N)N)C(=O)N[C@@H](CCCNC(=N)N)C(=O)O. The summed E-state index contributed by atoms with van der Waals surface area (Å²) in [5, 5.41) is 60.7. The Kier molecular flexibility index (Phi) is 23.1. The van der Waals surface area contributed by atoms with Gasteiger partial charge in [0.05, 0.1) is 12.5 Å². The molecule has 0 radical (unpaired) electrons. The fraction of sp³-hybridized carbons (Fsp3) is 0.677. The lowest BCUT2D eigenvalue weighted by Crippen LogP contribution is -2.59. The molecule has 21 N–H and O–H groups in total. The van der Waals surface area contributed by atoms with Gasteiger partial charge in [-0.2, -0.15) is 0 Å². The van der Waals surface area contributed by atoms with E-state index in [2.05, 4.69) is 42.5 Å². The molecule has 24 nitrogen and oxygen atoms in total. The average molecular weight is 786 g/mol. The van der Waals surface area contributed by atoms with E-state index in [-0.39, 0.29) is 82.0 Å². The summed E-state index contributed by atoms with van der Waals surface area (Å²) in [5.74, 6) is -8.31. The van der Waals surface area contributed by atoms with Crippen LogP contribution in [0.3, 0.4) is 0 Å². The number of rotatable bonds is 27. The molecule has 55 heavy (non-hydrogen) atoms. The van der Waals surface area contributed by atoms with Gasteiger partial charge in [-0.1, -0.05) is 13.8 Å². The average Bonchev–Trinajstić information content (AvgIpc) is 3.06. The Bertz CT molecular complexity index is 1360. The van der Waals surface area contributed by atoms with E-state index in [9.17, 15) is 43.8 Å². The van der Waals surface area contributed by atoms with Crippen LogP contribution < -0.4 is 65.5 Å². The van der Waals surface area contributed by atoms with E-state index in [1.165, 1.54) is 6.92 Å². The summed E-state index contributed by atoms with van der Waals surface area (Å²) in [7, 11) is 0. The number of hydrogen-bond acceptors (Lipinski definition) is 11. The third-order valence-electron chi connectivity index (χ3n) is 7.66. The lowest BCUT2D eigenvalue weighted by Gasteiger charge is -2.26. The molecule has 0 aliphatic rings. The zero-order valence-electron chi connectivity index (χ0n) is 31.4. The van der Waals surface area contributed by atoms with Gasteiger partial charge in [0.2, 0.25) is 29.5 Å². The molecular weight excluding hydrogens is 726 g/mol. The van der Waals surface area contributed by atoms with Gasteiger partial charge in [0.1, 0.15) is 30.2 Å². The summed E-state index contributed by atoms with van der Waals surface area (Å²) in [6.07, 6.45) is -0.434. The van der Waals surface area contributed by atoms with Crippen molar-refractivity contribution in [1.29, 1.82) is 16.2 Å². The van der Waals surface area contributed by atoms with Gasteiger partial charge >= 0.3 is 11.9 Å². The number of carbonyl (C=O) groups excluding carboxylic acids is 5. The zero-order chi connectivity index (χ0) is 42.2. The predicted molar refractivity (Wildman–Crippen MR) is 200 cm³/mol. The molecule has 6 atom stereocenters. The van der Waals surface area contributed by atoms with Crippen molar-refractivity contribution < 1.29 is 43.8 Å². The summed E-state index contributed by atoms with van der Waals surface area (Å²) in [6.45, 7) is 5.32. The largest absolute Gasteiger partial charge is 0.481 e. The van der Waals surface area contributed by atoms with E-state index in [1.54, 1.807) is 0 Å². The Morgan fingerprint density at radius 2 is 0.909 bits per heavy atom. The van der Waals surface area contributed by atoms with Crippen LogP contribution in [0.2, 0.25) is 0 Å². The molecule has 0 spiro atoms. The molecule has 0 fully saturated rings. The molecule has 0 aliphatic heterocycles. The molecule has 0 aromatic heterocycles. The minimum atomic E-state index is -1.73. The number of hydrogen-bond donors (Lipinski definition) is 17. The first-order chi connectivity index (χ1) is 25.6. The zero-order valence-corrected chi connectivity index (χ0v) is 31.4. The van der Waals surface area contributed by atoms with Crippen molar-refractivity contribution in [2.45, 2.75) is 108 Å². The van der Waals surface area contributed by atoms with Gasteiger partial charge in [-0.3, -0.25) is 45.0 Å². The van der Waals surface area contributed by atoms with E-state index in [1.807, 2.05) is 13.8 Å². The first-order valence-corrected chi connectivity index (χ1v) is 17.6. The van der Waals surface area contributed by atoms with Crippen LogP contribution in [0, 0.1) is 22.1 Å². The highest BCUT2D eigenvalue weighted by Crippen LogP contribution is 2.07. The first kappa shape index (κ1) is 49.1. The number of amides is 5. The number of carboxylic acids is 2. The number of carbonyl (C=O) groups is 7. The number of aliphatic carboxylic acids is 2. The van der Waals surface area contributed by atoms with Crippen molar-refractivity contribution in [2.75, 3.05) is 19.6 Å². The van der Waals surface area contributed by atoms with Gasteiger partial charge in [0.15, 0.2) is 17.9 Å². The fourth-order valence-electron chi connectivity index (χ4n) is 4.88. The van der Waals surface area contributed by atoms with Crippen molar-refractivity contribution in [2.24, 2.45) is 28.9 Å². The van der Waals surface area contributed by atoms with Crippen LogP contribution in [0.1, 0.15) is 72.1 Å². The maximum atomic E-state index is 13.7. The van der Waals surface area contributed by atoms with Crippen LogP contribution in [-0.4, -0.2) is 125 Å². The van der Waals surface area contributed by atoms with E-state index in [0.29, 0.717) is 6.42 Å². The minimum absolute atomic E-state index is 0.0693. The number of nitrogens with two attached hydrogens (primary N) is 4. The predicted octanol–water partition coefficient (Wildman–Crippen LogP) is -4.85. The summed E-state index contributed by atoms with van der Waals surface area (Å²) >= 11 is 0. The summed E-state index contributed by atoms with van der Waals surface area (Å²) in [5.41, 5.74) is 21.8. The Labute approximate surface area is 318 Å². The Balaban J connectivity index is 6.21. The minimum Gasteiger partial charge on any atom is -0.481 e. The number of nitrogens with one attached hydrogen (secondary N) is 11. The summed E-state index contributed by atoms with van der Waals surface area (Å²) in [6, 6.07) is -8.13. The van der Waals surface area contributed by atoms with Crippen LogP contribution in [-0.2, 0) is 33.6 Å². The quantitative estimate of drug-likeness (QED) is 0.0211. The van der Waals surface area contributed by atoms with E-state index in [0.717, 1.165) is 0 Å². The van der Waals surface area contributed by atoms with Crippen LogP contribution in [0.15, 0.2) is 0 Å². The van der Waals surface area contributed by atoms with E-state index >= 15 is 0 Å².